The van der Waals surface area contributed by atoms with Crippen molar-refractivity contribution in [1.29, 1.82) is 0 Å². The molecule has 344 valence electrons. The van der Waals surface area contributed by atoms with Crippen molar-refractivity contribution in [3.05, 3.63) is 228 Å². The Balaban J connectivity index is 1.21. The fraction of sp³-hybridized carbons (Fsp3) is 0.291. The molecule has 7 atom stereocenters. The standard InChI is InChI=1S/C55H59NO10/c1-58-33-32-49(60-35-43-22-10-3-11-23-43)51(61-36-44-24-12-4-13-25-44)48(56-57)40-65-55-54(64-39-47-30-18-7-19-31-47)53(63-38-46-28-16-6-17-29-46)52(62-37-45-26-14-5-15-27-45)50(66-55)41-59-34-42-20-8-2-9-21-42/h2-33,49-55,57H,34-41H2,1H3/b33-32+,56-48+/t49-,50-,51-,52-,53+,54-,55-/m1/s1. The molecule has 0 aromatic heterocycles. The van der Waals surface area contributed by atoms with E-state index in [9.17, 15) is 5.21 Å². The van der Waals surface area contributed by atoms with Crippen LogP contribution in [0.15, 0.2) is 199 Å². The van der Waals surface area contributed by atoms with Gasteiger partial charge in [-0.15, -0.1) is 0 Å². The predicted molar refractivity (Wildman–Crippen MR) is 251 cm³/mol. The van der Waals surface area contributed by atoms with Gasteiger partial charge >= 0.3 is 0 Å². The van der Waals surface area contributed by atoms with E-state index in [0.29, 0.717) is 6.61 Å². The van der Waals surface area contributed by atoms with Gasteiger partial charge in [0, 0.05) is 0 Å². The maximum absolute atomic E-state index is 10.8. The van der Waals surface area contributed by atoms with Gasteiger partial charge in [0.15, 0.2) is 6.29 Å². The van der Waals surface area contributed by atoms with Crippen molar-refractivity contribution in [2.45, 2.75) is 82.6 Å². The monoisotopic (exact) mass is 893 g/mol. The summed E-state index contributed by atoms with van der Waals surface area (Å²) >= 11 is 0. The third kappa shape index (κ3) is 15.0. The van der Waals surface area contributed by atoms with Gasteiger partial charge in [0.2, 0.25) is 0 Å². The highest BCUT2D eigenvalue weighted by atomic mass is 16.7. The van der Waals surface area contributed by atoms with Crippen molar-refractivity contribution >= 4 is 5.71 Å². The molecule has 0 spiro atoms. The van der Waals surface area contributed by atoms with E-state index in [1.807, 2.05) is 182 Å². The number of ether oxygens (including phenoxy) is 9. The zero-order chi connectivity index (χ0) is 45.4. The molecule has 1 aliphatic heterocycles. The van der Waals surface area contributed by atoms with Gasteiger partial charge in [0.25, 0.3) is 0 Å². The van der Waals surface area contributed by atoms with Crippen LogP contribution in [-0.2, 0) is 82.3 Å². The van der Waals surface area contributed by atoms with Crippen LogP contribution >= 0.6 is 0 Å². The highest BCUT2D eigenvalue weighted by molar-refractivity contribution is 5.90. The van der Waals surface area contributed by atoms with Crippen molar-refractivity contribution in [2.75, 3.05) is 20.3 Å². The van der Waals surface area contributed by atoms with Crippen molar-refractivity contribution in [3.63, 3.8) is 0 Å². The van der Waals surface area contributed by atoms with Crippen LogP contribution in [0.4, 0.5) is 0 Å². The largest absolute Gasteiger partial charge is 0.505 e. The van der Waals surface area contributed by atoms with E-state index in [-0.39, 0.29) is 52.0 Å². The normalized spacial score (nSPS) is 19.7. The summed E-state index contributed by atoms with van der Waals surface area (Å²) in [5, 5.41) is 14.6. The molecule has 66 heavy (non-hydrogen) atoms. The second kappa shape index (κ2) is 26.8. The van der Waals surface area contributed by atoms with Crippen LogP contribution < -0.4 is 0 Å². The second-order valence-corrected chi connectivity index (χ2v) is 15.8. The van der Waals surface area contributed by atoms with Gasteiger partial charge in [-0.2, -0.15) is 0 Å². The second-order valence-electron chi connectivity index (χ2n) is 15.8. The molecule has 0 radical (unpaired) electrons. The molecule has 0 amide bonds. The number of methoxy groups -OCH3 is 1. The van der Waals surface area contributed by atoms with E-state index < -0.39 is 42.9 Å². The third-order valence-electron chi connectivity index (χ3n) is 11.0. The maximum Gasteiger partial charge on any atom is 0.187 e. The number of rotatable bonds is 26. The maximum atomic E-state index is 10.8. The summed E-state index contributed by atoms with van der Waals surface area (Å²) in [5.74, 6) is 0. The zero-order valence-corrected chi connectivity index (χ0v) is 37.2. The summed E-state index contributed by atoms with van der Waals surface area (Å²) in [6.45, 7) is 1.47. The molecule has 6 aromatic rings. The first-order chi connectivity index (χ1) is 32.7. The lowest BCUT2D eigenvalue weighted by Gasteiger charge is -2.46. The lowest BCUT2D eigenvalue weighted by atomic mass is 9.97. The molecular formula is C55H59NO10. The fourth-order valence-electron chi connectivity index (χ4n) is 7.52. The Morgan fingerprint density at radius 2 is 0.924 bits per heavy atom. The average Bonchev–Trinajstić information content (AvgIpc) is 3.38. The molecular weight excluding hydrogens is 835 g/mol. The Kier molecular flexibility index (Phi) is 19.5. The first-order valence-corrected chi connectivity index (χ1v) is 22.2. The molecule has 1 N–H and O–H groups in total. The molecule has 1 fully saturated rings. The number of nitrogens with zero attached hydrogens (tertiary/aromatic N) is 1. The number of hydrogen-bond donors (Lipinski definition) is 1. The van der Waals surface area contributed by atoms with Gasteiger partial charge in [0.1, 0.15) is 42.3 Å². The van der Waals surface area contributed by atoms with Crippen molar-refractivity contribution in [1.82, 2.24) is 0 Å². The smallest absolute Gasteiger partial charge is 0.187 e. The SMILES string of the molecule is CO/C=C/[C@@H](OCc1ccccc1)[C@H](OCc1ccccc1)/C(CO[C@@H]1O[C@H](COCc2ccccc2)[C@@H](OCc2ccccc2)[C@H](OCc2ccccc2)[C@H]1OCc1ccccc1)=N/O. The predicted octanol–water partition coefficient (Wildman–Crippen LogP) is 9.86. The molecule has 11 nitrogen and oxygen atoms in total. The van der Waals surface area contributed by atoms with E-state index in [2.05, 4.69) is 5.16 Å². The van der Waals surface area contributed by atoms with Crippen LogP contribution in [0.1, 0.15) is 33.4 Å². The molecule has 0 bridgehead atoms. The Bertz CT molecular complexity index is 2270. The minimum absolute atomic E-state index is 0.145. The third-order valence-corrected chi connectivity index (χ3v) is 11.0. The summed E-state index contributed by atoms with van der Waals surface area (Å²) < 4.78 is 59.0. The molecule has 0 saturated carbocycles. The average molecular weight is 894 g/mol. The topological polar surface area (TPSA) is 116 Å². The van der Waals surface area contributed by atoms with Gasteiger partial charge in [-0.3, -0.25) is 0 Å². The molecule has 1 heterocycles. The lowest BCUT2D eigenvalue weighted by molar-refractivity contribution is -0.325. The lowest BCUT2D eigenvalue weighted by Crippen LogP contribution is -2.62. The fourth-order valence-corrected chi connectivity index (χ4v) is 7.52. The Labute approximate surface area is 388 Å². The van der Waals surface area contributed by atoms with Crippen LogP contribution in [0, 0.1) is 0 Å². The Morgan fingerprint density at radius 1 is 0.515 bits per heavy atom. The van der Waals surface area contributed by atoms with Crippen molar-refractivity contribution in [2.24, 2.45) is 5.16 Å². The van der Waals surface area contributed by atoms with Gasteiger partial charge in [-0.1, -0.05) is 187 Å². The van der Waals surface area contributed by atoms with Gasteiger partial charge in [-0.25, -0.2) is 0 Å². The van der Waals surface area contributed by atoms with E-state index in [1.54, 1.807) is 13.2 Å². The molecule has 1 saturated heterocycles. The van der Waals surface area contributed by atoms with Crippen molar-refractivity contribution < 1.29 is 47.8 Å². The highest BCUT2D eigenvalue weighted by Crippen LogP contribution is 2.32. The van der Waals surface area contributed by atoms with Crippen molar-refractivity contribution in [3.8, 4) is 0 Å². The molecule has 0 aliphatic carbocycles. The van der Waals surface area contributed by atoms with E-state index in [1.165, 1.54) is 6.26 Å². The number of benzene rings is 6. The van der Waals surface area contributed by atoms with Gasteiger partial charge in [-0.05, 0) is 39.5 Å². The minimum atomic E-state index is -1.07. The van der Waals surface area contributed by atoms with Crippen LogP contribution in [-0.4, -0.2) is 74.2 Å². The molecule has 1 aliphatic rings. The van der Waals surface area contributed by atoms with Crippen LogP contribution in [0.3, 0.4) is 0 Å². The van der Waals surface area contributed by atoms with E-state index in [4.69, 9.17) is 42.6 Å². The molecule has 6 aromatic carbocycles. The summed E-state index contributed by atoms with van der Waals surface area (Å²) in [6, 6.07) is 59.3. The van der Waals surface area contributed by atoms with Crippen LogP contribution in [0.2, 0.25) is 0 Å². The number of hydrogen-bond acceptors (Lipinski definition) is 11. The Hall–Kier alpha value is -5.99. The quantitative estimate of drug-likeness (QED) is 0.0244. The van der Waals surface area contributed by atoms with Gasteiger partial charge < -0.3 is 47.8 Å². The molecule has 7 rings (SSSR count). The van der Waals surface area contributed by atoms with Gasteiger partial charge in [0.05, 0.1) is 66.2 Å². The van der Waals surface area contributed by atoms with E-state index in [0.717, 1.165) is 33.4 Å². The summed E-state index contributed by atoms with van der Waals surface area (Å²) in [7, 11) is 1.55. The first-order valence-electron chi connectivity index (χ1n) is 22.2. The molecule has 11 heteroatoms. The number of oxime groups is 1. The first kappa shape index (κ1) is 48.0. The minimum Gasteiger partial charge on any atom is -0.505 e. The zero-order valence-electron chi connectivity index (χ0n) is 37.2. The summed E-state index contributed by atoms with van der Waals surface area (Å²) in [5.41, 5.74) is 5.94. The molecule has 0 unspecified atom stereocenters. The van der Waals surface area contributed by atoms with E-state index >= 15 is 0 Å². The van der Waals surface area contributed by atoms with Crippen LogP contribution in [0.5, 0.6) is 0 Å². The highest BCUT2D eigenvalue weighted by Gasteiger charge is 2.49. The van der Waals surface area contributed by atoms with Crippen LogP contribution in [0.25, 0.3) is 0 Å². The summed E-state index contributed by atoms with van der Waals surface area (Å²) in [6.07, 6.45) is -2.45. The summed E-state index contributed by atoms with van der Waals surface area (Å²) in [4.78, 5) is 0. The Morgan fingerprint density at radius 3 is 1.38 bits per heavy atom.